The zero-order valence-corrected chi connectivity index (χ0v) is 18.8. The van der Waals surface area contributed by atoms with E-state index in [1.165, 1.54) is 18.2 Å². The summed E-state index contributed by atoms with van der Waals surface area (Å²) in [6.45, 7) is 7.81. The van der Waals surface area contributed by atoms with Crippen LogP contribution in [0.2, 0.25) is 0 Å². The van der Waals surface area contributed by atoms with Crippen molar-refractivity contribution in [1.29, 1.82) is 0 Å². The van der Waals surface area contributed by atoms with Gasteiger partial charge < -0.3 is 19.1 Å². The summed E-state index contributed by atoms with van der Waals surface area (Å²) in [6.07, 6.45) is -6.78. The first kappa shape index (κ1) is 24.0. The fraction of sp³-hybridized carbons (Fsp3) is 0.360. The van der Waals surface area contributed by atoms with Crippen LogP contribution in [0, 0.1) is 0 Å². The minimum absolute atomic E-state index is 0.0630. The highest BCUT2D eigenvalue weighted by Crippen LogP contribution is 2.37. The fourth-order valence-electron chi connectivity index (χ4n) is 3.96. The van der Waals surface area contributed by atoms with Gasteiger partial charge in [-0.05, 0) is 41.8 Å². The first-order valence-corrected chi connectivity index (χ1v) is 10.7. The van der Waals surface area contributed by atoms with E-state index >= 15 is 0 Å². The summed E-state index contributed by atoms with van der Waals surface area (Å²) in [7, 11) is 0. The maximum absolute atomic E-state index is 13.2. The number of ether oxygens (including phenoxy) is 3. The summed E-state index contributed by atoms with van der Waals surface area (Å²) in [5.74, 6) is -1.48. The fourth-order valence-corrected chi connectivity index (χ4v) is 3.96. The summed E-state index contributed by atoms with van der Waals surface area (Å²) in [5.41, 5.74) is 3.75. The number of carbonyl (C=O) groups is 2. The van der Waals surface area contributed by atoms with Crippen LogP contribution in [0.1, 0.15) is 52.6 Å². The number of rotatable bonds is 7. The third kappa shape index (κ3) is 4.85. The molecule has 180 valence electrons. The molecule has 2 aliphatic heterocycles. The largest absolute Gasteiger partial charge is 0.481 e. The number of halogens is 3. The van der Waals surface area contributed by atoms with Crippen LogP contribution in [0.25, 0.3) is 5.70 Å². The Morgan fingerprint density at radius 1 is 1.15 bits per heavy atom. The minimum atomic E-state index is -4.57. The monoisotopic (exact) mass is 475 g/mol. The van der Waals surface area contributed by atoms with Crippen molar-refractivity contribution in [1.82, 2.24) is 4.90 Å². The van der Waals surface area contributed by atoms with Crippen molar-refractivity contribution in [3.05, 3.63) is 70.8 Å². The molecule has 2 atom stereocenters. The summed E-state index contributed by atoms with van der Waals surface area (Å²) in [4.78, 5) is 25.7. The maximum atomic E-state index is 13.2. The number of fused-ring (bicyclic) bond motifs is 1. The highest BCUT2D eigenvalue weighted by atomic mass is 19.4. The quantitative estimate of drug-likeness (QED) is 0.423. The lowest BCUT2D eigenvalue weighted by Crippen LogP contribution is -2.31. The molecule has 9 heteroatoms. The lowest BCUT2D eigenvalue weighted by molar-refractivity contribution is -0.189. The molecule has 1 saturated heterocycles. The molecular weight excluding hydrogens is 451 g/mol. The van der Waals surface area contributed by atoms with Crippen molar-refractivity contribution in [3.8, 4) is 5.75 Å². The lowest BCUT2D eigenvalue weighted by atomic mass is 10.0. The van der Waals surface area contributed by atoms with E-state index in [0.29, 0.717) is 25.4 Å². The van der Waals surface area contributed by atoms with Gasteiger partial charge >= 0.3 is 6.18 Å². The van der Waals surface area contributed by atoms with Gasteiger partial charge in [0.25, 0.3) is 0 Å². The topological polar surface area (TPSA) is 65.1 Å². The molecule has 0 aliphatic carbocycles. The molecule has 0 radical (unpaired) electrons. The summed E-state index contributed by atoms with van der Waals surface area (Å²) in [5, 5.41) is 0. The van der Waals surface area contributed by atoms with Gasteiger partial charge in [-0.15, -0.1) is 0 Å². The second-order valence-corrected chi connectivity index (χ2v) is 8.37. The third-order valence-electron chi connectivity index (χ3n) is 5.97. The Balaban J connectivity index is 1.62. The van der Waals surface area contributed by atoms with Crippen LogP contribution in [0.15, 0.2) is 43.0 Å². The molecule has 0 spiro atoms. The SMILES string of the molecule is C=C(c1cc(C(=O)C(C)=O)ccc1O[C@@H](C)C(F)(F)F)N1Cc2ccc(C3COCO3)cc2C1. The van der Waals surface area contributed by atoms with Crippen molar-refractivity contribution >= 4 is 17.3 Å². The Bertz CT molecular complexity index is 1140. The molecule has 0 amide bonds. The van der Waals surface area contributed by atoms with Crippen molar-refractivity contribution < 1.29 is 37.0 Å². The third-order valence-corrected chi connectivity index (χ3v) is 5.97. The van der Waals surface area contributed by atoms with Crippen molar-refractivity contribution in [2.75, 3.05) is 13.4 Å². The summed E-state index contributed by atoms with van der Waals surface area (Å²) >= 11 is 0. The van der Waals surface area contributed by atoms with Crippen LogP contribution in [-0.4, -0.2) is 42.1 Å². The van der Waals surface area contributed by atoms with E-state index in [1.807, 2.05) is 23.1 Å². The van der Waals surface area contributed by atoms with Crippen LogP contribution in [0.3, 0.4) is 0 Å². The van der Waals surface area contributed by atoms with Gasteiger partial charge in [0.15, 0.2) is 11.9 Å². The van der Waals surface area contributed by atoms with Crippen LogP contribution in [0.5, 0.6) is 5.75 Å². The number of carbonyl (C=O) groups excluding carboxylic acids is 2. The first-order chi connectivity index (χ1) is 16.0. The zero-order chi connectivity index (χ0) is 24.6. The highest BCUT2D eigenvalue weighted by Gasteiger charge is 2.38. The molecule has 1 fully saturated rings. The van der Waals surface area contributed by atoms with E-state index in [0.717, 1.165) is 30.5 Å². The van der Waals surface area contributed by atoms with E-state index in [-0.39, 0.29) is 29.8 Å². The lowest BCUT2D eigenvalue weighted by Gasteiger charge is -2.25. The second kappa shape index (κ2) is 9.23. The van der Waals surface area contributed by atoms with E-state index in [4.69, 9.17) is 14.2 Å². The van der Waals surface area contributed by atoms with Gasteiger partial charge in [-0.3, -0.25) is 9.59 Å². The Kier molecular flexibility index (Phi) is 6.51. The van der Waals surface area contributed by atoms with Crippen LogP contribution < -0.4 is 4.74 Å². The smallest absolute Gasteiger partial charge is 0.425 e. The van der Waals surface area contributed by atoms with E-state index in [2.05, 4.69) is 6.58 Å². The van der Waals surface area contributed by atoms with E-state index < -0.39 is 23.8 Å². The molecule has 0 bridgehead atoms. The number of benzene rings is 2. The molecule has 4 rings (SSSR count). The molecule has 2 aromatic carbocycles. The number of hydrogen-bond acceptors (Lipinski definition) is 6. The molecule has 34 heavy (non-hydrogen) atoms. The number of ketones is 2. The standard InChI is InChI=1S/C25H24F3NO5/c1-14(29-10-19-5-4-17(8-20(19)11-29)23-12-32-13-33-23)21-9-18(24(31)15(2)30)6-7-22(21)34-16(3)25(26,27)28/h4-9,16,23H,1,10-13H2,2-3H3/t16-,23?/m0/s1. The molecular formula is C25H24F3NO5. The van der Waals surface area contributed by atoms with Gasteiger partial charge in [-0.1, -0.05) is 24.8 Å². The van der Waals surface area contributed by atoms with Crippen LogP contribution >= 0.6 is 0 Å². The molecule has 0 saturated carbocycles. The van der Waals surface area contributed by atoms with Crippen LogP contribution in [0.4, 0.5) is 13.2 Å². The zero-order valence-electron chi connectivity index (χ0n) is 18.8. The van der Waals surface area contributed by atoms with Gasteiger partial charge in [0.1, 0.15) is 18.6 Å². The van der Waals surface area contributed by atoms with E-state index in [9.17, 15) is 22.8 Å². The number of hydrogen-bond donors (Lipinski definition) is 0. The summed E-state index contributed by atoms with van der Waals surface area (Å²) < 4.78 is 55.5. The molecule has 0 aromatic heterocycles. The van der Waals surface area contributed by atoms with Gasteiger partial charge in [0, 0.05) is 36.8 Å². The van der Waals surface area contributed by atoms with Gasteiger partial charge in [0.2, 0.25) is 5.78 Å². The minimum Gasteiger partial charge on any atom is -0.481 e. The first-order valence-electron chi connectivity index (χ1n) is 10.7. The van der Waals surface area contributed by atoms with Gasteiger partial charge in [0.05, 0.1) is 6.61 Å². The predicted octanol–water partition coefficient (Wildman–Crippen LogP) is 4.82. The molecule has 0 N–H and O–H groups in total. The predicted molar refractivity (Wildman–Crippen MR) is 117 cm³/mol. The normalized spacial score (nSPS) is 18.5. The molecule has 6 nitrogen and oxygen atoms in total. The molecule has 2 aliphatic rings. The average molecular weight is 475 g/mol. The van der Waals surface area contributed by atoms with Crippen molar-refractivity contribution in [2.45, 2.75) is 45.3 Å². The Labute approximate surface area is 194 Å². The van der Waals surface area contributed by atoms with Crippen LogP contribution in [-0.2, 0) is 27.4 Å². The Morgan fingerprint density at radius 2 is 1.88 bits per heavy atom. The Morgan fingerprint density at radius 3 is 2.53 bits per heavy atom. The molecule has 1 unspecified atom stereocenters. The second-order valence-electron chi connectivity index (χ2n) is 8.37. The van der Waals surface area contributed by atoms with Gasteiger partial charge in [-0.25, -0.2) is 0 Å². The number of alkyl halides is 3. The number of Topliss-reactive ketones (excluding diaryl/α,β-unsaturated/α-hetero) is 2. The van der Waals surface area contributed by atoms with Gasteiger partial charge in [-0.2, -0.15) is 13.2 Å². The van der Waals surface area contributed by atoms with E-state index in [1.54, 1.807) is 0 Å². The number of nitrogens with zero attached hydrogens (tertiary/aromatic N) is 1. The summed E-state index contributed by atoms with van der Waals surface area (Å²) in [6, 6.07) is 9.91. The Hall–Kier alpha value is -3.17. The highest BCUT2D eigenvalue weighted by molar-refractivity contribution is 6.43. The molecule has 2 aromatic rings. The van der Waals surface area contributed by atoms with Crippen molar-refractivity contribution in [2.24, 2.45) is 0 Å². The average Bonchev–Trinajstić information content (AvgIpc) is 3.47. The van der Waals surface area contributed by atoms with Crippen molar-refractivity contribution in [3.63, 3.8) is 0 Å². The maximum Gasteiger partial charge on any atom is 0.425 e. The molecule has 2 heterocycles.